The smallest absolute Gasteiger partial charge is 0.244 e. The highest BCUT2D eigenvalue weighted by Crippen LogP contribution is 2.28. The molecule has 164 valence electrons. The van der Waals surface area contributed by atoms with Gasteiger partial charge in [-0.15, -0.1) is 11.3 Å². The van der Waals surface area contributed by atoms with E-state index in [0.717, 1.165) is 11.3 Å². The molecule has 0 saturated heterocycles. The number of nitrogens with one attached hydrogen (secondary N) is 2. The number of rotatable bonds is 8. The minimum absolute atomic E-state index is 0.158. The maximum atomic E-state index is 12.2. The Bertz CT molecular complexity index is 1100. The summed E-state index contributed by atoms with van der Waals surface area (Å²) in [7, 11) is 0. The molecule has 1 unspecified atom stereocenters. The Morgan fingerprint density at radius 1 is 1.06 bits per heavy atom. The van der Waals surface area contributed by atoms with Crippen molar-refractivity contribution >= 4 is 46.0 Å². The number of carbonyl (C=O) groups is 3. The fourth-order valence-electron chi connectivity index (χ4n) is 2.89. The average molecular weight is 449 g/mol. The van der Waals surface area contributed by atoms with Crippen LogP contribution in [0.5, 0.6) is 0 Å². The summed E-state index contributed by atoms with van der Waals surface area (Å²) >= 11 is 1.30. The number of aromatic nitrogens is 1. The van der Waals surface area contributed by atoms with Crippen molar-refractivity contribution in [2.45, 2.75) is 26.4 Å². The van der Waals surface area contributed by atoms with Crippen molar-refractivity contribution in [1.29, 1.82) is 0 Å². The van der Waals surface area contributed by atoms with Gasteiger partial charge in [-0.2, -0.15) is 0 Å². The van der Waals surface area contributed by atoms with Crippen molar-refractivity contribution in [1.82, 2.24) is 15.6 Å². The lowest BCUT2D eigenvalue weighted by molar-refractivity contribution is -0.126. The van der Waals surface area contributed by atoms with Gasteiger partial charge >= 0.3 is 0 Å². The van der Waals surface area contributed by atoms with Crippen molar-refractivity contribution in [3.05, 3.63) is 83.4 Å². The van der Waals surface area contributed by atoms with E-state index >= 15 is 0 Å². The lowest BCUT2D eigenvalue weighted by Crippen LogP contribution is -2.44. The SMILES string of the molecule is CC(=O)N(c1ccccc1)c1nc(/C=C/C(=O)NC(C)C(=O)NCc2ccccc2)cs1. The van der Waals surface area contributed by atoms with Crippen molar-refractivity contribution in [3.63, 3.8) is 0 Å². The van der Waals surface area contributed by atoms with Gasteiger partial charge in [0.2, 0.25) is 17.7 Å². The average Bonchev–Trinajstić information content (AvgIpc) is 3.25. The summed E-state index contributed by atoms with van der Waals surface area (Å²) in [6, 6.07) is 18.1. The second kappa shape index (κ2) is 11.0. The van der Waals surface area contributed by atoms with E-state index in [9.17, 15) is 14.4 Å². The Balaban J connectivity index is 1.55. The molecule has 7 nitrogen and oxygen atoms in total. The van der Waals surface area contributed by atoms with Crippen LogP contribution in [0.1, 0.15) is 25.1 Å². The molecule has 3 rings (SSSR count). The normalized spacial score (nSPS) is 11.7. The van der Waals surface area contributed by atoms with Gasteiger partial charge in [0.05, 0.1) is 11.4 Å². The van der Waals surface area contributed by atoms with Crippen LogP contribution in [0.4, 0.5) is 10.8 Å². The van der Waals surface area contributed by atoms with Gasteiger partial charge in [0, 0.05) is 24.9 Å². The molecule has 1 heterocycles. The number of hydrogen-bond donors (Lipinski definition) is 2. The summed E-state index contributed by atoms with van der Waals surface area (Å²) in [5, 5.41) is 7.70. The Labute approximate surface area is 190 Å². The summed E-state index contributed by atoms with van der Waals surface area (Å²) in [5.74, 6) is -0.839. The Hall–Kier alpha value is -3.78. The van der Waals surface area contributed by atoms with Crippen molar-refractivity contribution in [3.8, 4) is 0 Å². The monoisotopic (exact) mass is 448 g/mol. The lowest BCUT2D eigenvalue weighted by atomic mass is 10.2. The van der Waals surface area contributed by atoms with E-state index in [2.05, 4.69) is 15.6 Å². The molecule has 0 radical (unpaired) electrons. The summed E-state index contributed by atoms with van der Waals surface area (Å²) in [6.45, 7) is 3.49. The zero-order valence-corrected chi connectivity index (χ0v) is 18.6. The number of amides is 3. The van der Waals surface area contributed by atoms with Crippen LogP contribution in [-0.4, -0.2) is 28.7 Å². The second-order valence-electron chi connectivity index (χ2n) is 7.01. The maximum absolute atomic E-state index is 12.2. The summed E-state index contributed by atoms with van der Waals surface area (Å²) in [6.07, 6.45) is 2.87. The zero-order chi connectivity index (χ0) is 22.9. The maximum Gasteiger partial charge on any atom is 0.244 e. The van der Waals surface area contributed by atoms with E-state index < -0.39 is 11.9 Å². The Kier molecular flexibility index (Phi) is 7.88. The third-order valence-electron chi connectivity index (χ3n) is 4.50. The largest absolute Gasteiger partial charge is 0.350 e. The number of hydrogen-bond acceptors (Lipinski definition) is 5. The van der Waals surface area contributed by atoms with Gasteiger partial charge in [-0.1, -0.05) is 48.5 Å². The van der Waals surface area contributed by atoms with Gasteiger partial charge in [0.25, 0.3) is 0 Å². The molecule has 2 aromatic carbocycles. The number of nitrogens with zero attached hydrogens (tertiary/aromatic N) is 2. The molecule has 2 N–H and O–H groups in total. The number of anilines is 2. The second-order valence-corrected chi connectivity index (χ2v) is 7.85. The first kappa shape index (κ1) is 22.9. The minimum Gasteiger partial charge on any atom is -0.350 e. The van der Waals surface area contributed by atoms with Crippen LogP contribution in [0.3, 0.4) is 0 Å². The van der Waals surface area contributed by atoms with Gasteiger partial charge in [-0.25, -0.2) is 4.98 Å². The molecule has 0 fully saturated rings. The first-order valence-electron chi connectivity index (χ1n) is 10.1. The van der Waals surface area contributed by atoms with Crippen LogP contribution in [0.2, 0.25) is 0 Å². The van der Waals surface area contributed by atoms with E-state index in [1.54, 1.807) is 18.4 Å². The van der Waals surface area contributed by atoms with Crippen LogP contribution in [0.25, 0.3) is 6.08 Å². The van der Waals surface area contributed by atoms with Gasteiger partial charge < -0.3 is 10.6 Å². The molecule has 0 aliphatic carbocycles. The molecule has 3 aromatic rings. The standard InChI is InChI=1S/C24H24N4O3S/c1-17(23(31)25-15-19-9-5-3-6-10-19)26-22(30)14-13-20-16-32-24(27-20)28(18(2)29)21-11-7-4-8-12-21/h3-14,16-17H,15H2,1-2H3,(H,25,31)(H,26,30)/b14-13+. The van der Waals surface area contributed by atoms with E-state index in [4.69, 9.17) is 0 Å². The van der Waals surface area contributed by atoms with Crippen LogP contribution in [0, 0.1) is 0 Å². The molecular formula is C24H24N4O3S. The fourth-order valence-corrected chi connectivity index (χ4v) is 3.74. The third-order valence-corrected chi connectivity index (χ3v) is 5.34. The molecule has 1 aromatic heterocycles. The number of para-hydroxylation sites is 1. The summed E-state index contributed by atoms with van der Waals surface area (Å²) in [5.41, 5.74) is 2.25. The molecule has 1 atom stereocenters. The zero-order valence-electron chi connectivity index (χ0n) is 17.8. The molecule has 0 saturated carbocycles. The highest BCUT2D eigenvalue weighted by Gasteiger charge is 2.17. The molecule has 0 spiro atoms. The predicted molar refractivity (Wildman–Crippen MR) is 126 cm³/mol. The first-order chi connectivity index (χ1) is 15.4. The molecule has 0 bridgehead atoms. The van der Waals surface area contributed by atoms with Crippen LogP contribution in [0.15, 0.2) is 72.1 Å². The van der Waals surface area contributed by atoms with Crippen LogP contribution >= 0.6 is 11.3 Å². The minimum atomic E-state index is -0.687. The van der Waals surface area contributed by atoms with Gasteiger partial charge in [-0.05, 0) is 30.7 Å². The topological polar surface area (TPSA) is 91.4 Å². The molecule has 3 amide bonds. The van der Waals surface area contributed by atoms with Gasteiger partial charge in [0.15, 0.2) is 5.13 Å². The Morgan fingerprint density at radius 2 is 1.72 bits per heavy atom. The van der Waals surface area contributed by atoms with Crippen molar-refractivity contribution < 1.29 is 14.4 Å². The third kappa shape index (κ3) is 6.36. The quantitative estimate of drug-likeness (QED) is 0.515. The van der Waals surface area contributed by atoms with E-state index in [-0.39, 0.29) is 11.8 Å². The molecule has 0 aliphatic heterocycles. The lowest BCUT2D eigenvalue weighted by Gasteiger charge is -2.17. The van der Waals surface area contributed by atoms with Crippen LogP contribution < -0.4 is 15.5 Å². The summed E-state index contributed by atoms with van der Waals surface area (Å²) in [4.78, 5) is 42.5. The van der Waals surface area contributed by atoms with E-state index in [1.165, 1.54) is 29.2 Å². The van der Waals surface area contributed by atoms with Crippen molar-refractivity contribution in [2.75, 3.05) is 4.90 Å². The Morgan fingerprint density at radius 3 is 2.38 bits per heavy atom. The van der Waals surface area contributed by atoms with Crippen LogP contribution in [-0.2, 0) is 20.9 Å². The molecule has 32 heavy (non-hydrogen) atoms. The van der Waals surface area contributed by atoms with Gasteiger partial charge in [0.1, 0.15) is 6.04 Å². The fraction of sp³-hybridized carbons (Fsp3) is 0.167. The van der Waals surface area contributed by atoms with Crippen molar-refractivity contribution in [2.24, 2.45) is 0 Å². The summed E-state index contributed by atoms with van der Waals surface area (Å²) < 4.78 is 0. The van der Waals surface area contributed by atoms with E-state index in [0.29, 0.717) is 17.4 Å². The van der Waals surface area contributed by atoms with E-state index in [1.807, 2.05) is 60.7 Å². The number of thiazole rings is 1. The highest BCUT2D eigenvalue weighted by atomic mass is 32.1. The van der Waals surface area contributed by atoms with Gasteiger partial charge in [-0.3, -0.25) is 19.3 Å². The number of carbonyl (C=O) groups excluding carboxylic acids is 3. The first-order valence-corrected chi connectivity index (χ1v) is 10.9. The predicted octanol–water partition coefficient (Wildman–Crippen LogP) is 3.66. The highest BCUT2D eigenvalue weighted by molar-refractivity contribution is 7.14. The molecule has 0 aliphatic rings. The number of benzene rings is 2. The molecular weight excluding hydrogens is 424 g/mol. The molecule has 8 heteroatoms.